The smallest absolute Gasteiger partial charge is 0.349 e. The molecule has 19 heavy (non-hydrogen) atoms. The number of carbonyl (C=O) groups excluding carboxylic acids is 1. The fraction of sp³-hybridized carbons (Fsp3) is 0.154. The van der Waals surface area contributed by atoms with Crippen LogP contribution in [0.5, 0.6) is 0 Å². The quantitative estimate of drug-likeness (QED) is 0.673. The maximum Gasteiger partial charge on any atom is 0.349 e. The minimum absolute atomic E-state index is 0.356. The lowest BCUT2D eigenvalue weighted by Gasteiger charge is -1.93. The van der Waals surface area contributed by atoms with E-state index in [1.54, 1.807) is 6.92 Å². The molecule has 0 saturated carbocycles. The van der Waals surface area contributed by atoms with Crippen LogP contribution in [0.4, 0.5) is 0 Å². The van der Waals surface area contributed by atoms with E-state index in [0.29, 0.717) is 10.6 Å². The van der Waals surface area contributed by atoms with Crippen LogP contribution in [0, 0.1) is 6.92 Å². The standard InChI is InChI=1S/C13H11N3O2S/c1-8-11(13(17)18-2)19-12(14-8)9-7-16-6-4-3-5-10(16)15-9/h3-7H,1-2H3. The van der Waals surface area contributed by atoms with Gasteiger partial charge in [0.2, 0.25) is 0 Å². The third-order valence-electron chi connectivity index (χ3n) is 2.75. The zero-order chi connectivity index (χ0) is 13.4. The Hall–Kier alpha value is -2.21. The van der Waals surface area contributed by atoms with Gasteiger partial charge in [-0.1, -0.05) is 6.07 Å². The van der Waals surface area contributed by atoms with Crippen LogP contribution in [0.2, 0.25) is 0 Å². The number of nitrogens with zero attached hydrogens (tertiary/aromatic N) is 3. The summed E-state index contributed by atoms with van der Waals surface area (Å²) in [6, 6.07) is 5.79. The molecule has 0 amide bonds. The average Bonchev–Trinajstić information content (AvgIpc) is 3.00. The fourth-order valence-electron chi connectivity index (χ4n) is 1.83. The fourth-order valence-corrected chi connectivity index (χ4v) is 2.76. The molecule has 0 aliphatic carbocycles. The van der Waals surface area contributed by atoms with E-state index in [1.807, 2.05) is 35.0 Å². The molecule has 0 spiro atoms. The van der Waals surface area contributed by atoms with Crippen LogP contribution in [-0.2, 0) is 4.74 Å². The van der Waals surface area contributed by atoms with Crippen molar-refractivity contribution in [1.82, 2.24) is 14.4 Å². The van der Waals surface area contributed by atoms with Crippen molar-refractivity contribution in [3.63, 3.8) is 0 Å². The van der Waals surface area contributed by atoms with E-state index in [1.165, 1.54) is 18.4 Å². The highest BCUT2D eigenvalue weighted by atomic mass is 32.1. The number of methoxy groups -OCH3 is 1. The summed E-state index contributed by atoms with van der Waals surface area (Å²) >= 11 is 1.30. The van der Waals surface area contributed by atoms with Gasteiger partial charge in [0.25, 0.3) is 0 Å². The SMILES string of the molecule is COC(=O)c1sc(-c2cn3ccccc3n2)nc1C. The molecule has 0 aromatic carbocycles. The highest BCUT2D eigenvalue weighted by Gasteiger charge is 2.17. The van der Waals surface area contributed by atoms with Crippen molar-refractivity contribution < 1.29 is 9.53 Å². The monoisotopic (exact) mass is 273 g/mol. The van der Waals surface area contributed by atoms with E-state index < -0.39 is 0 Å². The van der Waals surface area contributed by atoms with Gasteiger partial charge in [-0.3, -0.25) is 0 Å². The number of aromatic nitrogens is 3. The number of esters is 1. The Morgan fingerprint density at radius 3 is 2.95 bits per heavy atom. The molecule has 0 aliphatic heterocycles. The molecular formula is C13H11N3O2S. The van der Waals surface area contributed by atoms with Crippen LogP contribution >= 0.6 is 11.3 Å². The third-order valence-corrected chi connectivity index (χ3v) is 3.91. The molecule has 3 rings (SSSR count). The van der Waals surface area contributed by atoms with Crippen molar-refractivity contribution >= 4 is 23.0 Å². The van der Waals surface area contributed by atoms with Crippen LogP contribution in [0.1, 0.15) is 15.4 Å². The van der Waals surface area contributed by atoms with Gasteiger partial charge in [-0.05, 0) is 19.1 Å². The number of carbonyl (C=O) groups is 1. The highest BCUT2D eigenvalue weighted by Crippen LogP contribution is 2.27. The maximum atomic E-state index is 11.6. The Labute approximate surface area is 113 Å². The van der Waals surface area contributed by atoms with Crippen LogP contribution in [-0.4, -0.2) is 27.4 Å². The summed E-state index contributed by atoms with van der Waals surface area (Å²) in [4.78, 5) is 21.0. The van der Waals surface area contributed by atoms with Gasteiger partial charge in [0.05, 0.1) is 12.8 Å². The summed E-state index contributed by atoms with van der Waals surface area (Å²) < 4.78 is 6.65. The van der Waals surface area contributed by atoms with Gasteiger partial charge in [0.1, 0.15) is 21.2 Å². The summed E-state index contributed by atoms with van der Waals surface area (Å²) in [5.74, 6) is -0.356. The van der Waals surface area contributed by atoms with E-state index in [0.717, 1.165) is 16.3 Å². The van der Waals surface area contributed by atoms with Gasteiger partial charge >= 0.3 is 5.97 Å². The molecule has 0 aliphatic rings. The molecule has 0 radical (unpaired) electrons. The Bertz CT molecular complexity index is 727. The van der Waals surface area contributed by atoms with E-state index in [4.69, 9.17) is 4.74 Å². The van der Waals surface area contributed by atoms with Crippen molar-refractivity contribution in [2.24, 2.45) is 0 Å². The van der Waals surface area contributed by atoms with E-state index in [9.17, 15) is 4.79 Å². The summed E-state index contributed by atoms with van der Waals surface area (Å²) in [7, 11) is 1.37. The Balaban J connectivity index is 2.09. The van der Waals surface area contributed by atoms with Crippen LogP contribution in [0.15, 0.2) is 30.6 Å². The number of hydrogen-bond donors (Lipinski definition) is 0. The Morgan fingerprint density at radius 2 is 2.21 bits per heavy atom. The number of hydrogen-bond acceptors (Lipinski definition) is 5. The van der Waals surface area contributed by atoms with Crippen molar-refractivity contribution in [2.45, 2.75) is 6.92 Å². The normalized spacial score (nSPS) is 10.8. The van der Waals surface area contributed by atoms with E-state index in [2.05, 4.69) is 9.97 Å². The van der Waals surface area contributed by atoms with Gasteiger partial charge in [-0.2, -0.15) is 0 Å². The number of fused-ring (bicyclic) bond motifs is 1. The van der Waals surface area contributed by atoms with Gasteiger partial charge in [-0.15, -0.1) is 11.3 Å². The summed E-state index contributed by atoms with van der Waals surface area (Å²) in [6.45, 7) is 1.79. The minimum Gasteiger partial charge on any atom is -0.465 e. The summed E-state index contributed by atoms with van der Waals surface area (Å²) in [5.41, 5.74) is 2.28. The molecule has 3 heterocycles. The second-order valence-electron chi connectivity index (χ2n) is 4.02. The average molecular weight is 273 g/mol. The number of rotatable bonds is 2. The van der Waals surface area contributed by atoms with E-state index in [-0.39, 0.29) is 5.97 Å². The topological polar surface area (TPSA) is 56.5 Å². The molecule has 0 atom stereocenters. The molecule has 0 N–H and O–H groups in total. The largest absolute Gasteiger partial charge is 0.465 e. The van der Waals surface area contributed by atoms with Gasteiger partial charge < -0.3 is 9.14 Å². The van der Waals surface area contributed by atoms with Gasteiger partial charge in [0, 0.05) is 12.4 Å². The molecule has 3 aromatic rings. The molecular weight excluding hydrogens is 262 g/mol. The number of thiazole rings is 1. The molecule has 0 bridgehead atoms. The zero-order valence-electron chi connectivity index (χ0n) is 10.5. The first-order valence-electron chi connectivity index (χ1n) is 5.69. The summed E-state index contributed by atoms with van der Waals surface area (Å²) in [5, 5.41) is 0.724. The third kappa shape index (κ3) is 2.00. The van der Waals surface area contributed by atoms with Crippen molar-refractivity contribution in [3.8, 4) is 10.7 Å². The van der Waals surface area contributed by atoms with Gasteiger partial charge in [0.15, 0.2) is 0 Å². The molecule has 0 saturated heterocycles. The molecule has 6 heteroatoms. The van der Waals surface area contributed by atoms with Crippen molar-refractivity contribution in [1.29, 1.82) is 0 Å². The highest BCUT2D eigenvalue weighted by molar-refractivity contribution is 7.17. The molecule has 0 unspecified atom stereocenters. The molecule has 0 fully saturated rings. The zero-order valence-corrected chi connectivity index (χ0v) is 11.3. The van der Waals surface area contributed by atoms with Crippen molar-refractivity contribution in [2.75, 3.05) is 7.11 Å². The Kier molecular flexibility index (Phi) is 2.79. The number of pyridine rings is 1. The Morgan fingerprint density at radius 1 is 1.37 bits per heavy atom. The van der Waals surface area contributed by atoms with Gasteiger partial charge in [-0.25, -0.2) is 14.8 Å². The predicted octanol–water partition coefficient (Wildman–Crippen LogP) is 2.55. The van der Waals surface area contributed by atoms with Crippen molar-refractivity contribution in [3.05, 3.63) is 41.2 Å². The lowest BCUT2D eigenvalue weighted by Crippen LogP contribution is -1.99. The first kappa shape index (κ1) is 11.9. The maximum absolute atomic E-state index is 11.6. The minimum atomic E-state index is -0.356. The first-order chi connectivity index (χ1) is 9.19. The van der Waals surface area contributed by atoms with E-state index >= 15 is 0 Å². The second kappa shape index (κ2) is 4.47. The molecule has 5 nitrogen and oxygen atoms in total. The number of ether oxygens (including phenoxy) is 1. The lowest BCUT2D eigenvalue weighted by molar-refractivity contribution is 0.0605. The number of aryl methyl sites for hydroxylation is 1. The molecule has 96 valence electrons. The summed E-state index contributed by atoms with van der Waals surface area (Å²) in [6.07, 6.45) is 3.82. The number of imidazole rings is 1. The van der Waals surface area contributed by atoms with Crippen LogP contribution in [0.25, 0.3) is 16.3 Å². The predicted molar refractivity (Wildman–Crippen MR) is 72.4 cm³/mol. The second-order valence-corrected chi connectivity index (χ2v) is 5.02. The van der Waals surface area contributed by atoms with Crippen LogP contribution in [0.3, 0.4) is 0 Å². The molecule has 3 aromatic heterocycles. The first-order valence-corrected chi connectivity index (χ1v) is 6.50. The van der Waals surface area contributed by atoms with Crippen LogP contribution < -0.4 is 0 Å². The lowest BCUT2D eigenvalue weighted by atomic mass is 10.4.